The predicted molar refractivity (Wildman–Crippen MR) is 72.6 cm³/mol. The highest BCUT2D eigenvalue weighted by Crippen LogP contribution is 2.39. The molecule has 0 spiro atoms. The minimum absolute atomic E-state index is 0.0443. The van der Waals surface area contributed by atoms with Gasteiger partial charge in [0.05, 0.1) is 6.42 Å². The summed E-state index contributed by atoms with van der Waals surface area (Å²) < 4.78 is 0. The third-order valence-corrected chi connectivity index (χ3v) is 4.85. The molecule has 0 unspecified atom stereocenters. The van der Waals surface area contributed by atoms with Gasteiger partial charge in [0.25, 0.3) is 0 Å². The Balaban J connectivity index is 1.78. The summed E-state index contributed by atoms with van der Waals surface area (Å²) in [5, 5.41) is 12.7. The van der Waals surface area contributed by atoms with Crippen LogP contribution in [0.25, 0.3) is 0 Å². The van der Waals surface area contributed by atoms with Crippen molar-refractivity contribution in [2.24, 2.45) is 11.3 Å². The number of hydrogen-bond donors (Lipinski definition) is 2. The monoisotopic (exact) mass is 253 g/mol. The van der Waals surface area contributed by atoms with Crippen LogP contribution in [0.2, 0.25) is 0 Å². The first-order valence-electron chi connectivity index (χ1n) is 7.63. The third kappa shape index (κ3) is 3.98. The van der Waals surface area contributed by atoms with Crippen LogP contribution < -0.4 is 5.32 Å². The normalized spacial score (nSPS) is 24.2. The van der Waals surface area contributed by atoms with Crippen LogP contribution in [-0.2, 0) is 4.79 Å². The lowest BCUT2D eigenvalue weighted by Crippen LogP contribution is -2.39. The summed E-state index contributed by atoms with van der Waals surface area (Å²) in [6, 6.07) is 0. The van der Waals surface area contributed by atoms with Crippen molar-refractivity contribution in [3.8, 4) is 0 Å². The highest BCUT2D eigenvalue weighted by atomic mass is 16.4. The average Bonchev–Trinajstić information content (AvgIpc) is 2.82. The van der Waals surface area contributed by atoms with Gasteiger partial charge in [-0.3, -0.25) is 4.79 Å². The fourth-order valence-electron chi connectivity index (χ4n) is 3.79. The molecule has 0 aliphatic heterocycles. The average molecular weight is 253 g/mol. The molecule has 0 aromatic heterocycles. The van der Waals surface area contributed by atoms with E-state index in [0.717, 1.165) is 31.8 Å². The van der Waals surface area contributed by atoms with E-state index in [1.54, 1.807) is 0 Å². The van der Waals surface area contributed by atoms with Crippen LogP contribution in [0.4, 0.5) is 0 Å². The van der Waals surface area contributed by atoms with Crippen molar-refractivity contribution in [1.82, 2.24) is 5.32 Å². The molecule has 0 atom stereocenters. The summed E-state index contributed by atoms with van der Waals surface area (Å²) in [4.78, 5) is 11.1. The molecule has 2 fully saturated rings. The lowest BCUT2D eigenvalue weighted by atomic mass is 9.71. The van der Waals surface area contributed by atoms with Crippen LogP contribution >= 0.6 is 0 Å². The Bertz CT molecular complexity index is 266. The minimum atomic E-state index is -0.625. The molecule has 2 rings (SSSR count). The molecule has 3 heteroatoms. The molecule has 0 bridgehead atoms. The Labute approximate surface area is 110 Å². The van der Waals surface area contributed by atoms with Gasteiger partial charge in [0, 0.05) is 6.54 Å². The van der Waals surface area contributed by atoms with E-state index in [-0.39, 0.29) is 5.41 Å². The Morgan fingerprint density at radius 2 is 1.78 bits per heavy atom. The van der Waals surface area contributed by atoms with Crippen LogP contribution in [0.15, 0.2) is 0 Å². The second-order valence-corrected chi connectivity index (χ2v) is 6.41. The summed E-state index contributed by atoms with van der Waals surface area (Å²) in [6.07, 6.45) is 11.7. The second-order valence-electron chi connectivity index (χ2n) is 6.41. The number of rotatable bonds is 6. The van der Waals surface area contributed by atoms with Gasteiger partial charge in [0.15, 0.2) is 0 Å². The van der Waals surface area contributed by atoms with E-state index in [2.05, 4.69) is 5.32 Å². The van der Waals surface area contributed by atoms with Crippen molar-refractivity contribution in [2.45, 2.75) is 64.2 Å². The molecule has 0 amide bonds. The maximum Gasteiger partial charge on any atom is 0.303 e. The van der Waals surface area contributed by atoms with Crippen molar-refractivity contribution < 1.29 is 9.90 Å². The van der Waals surface area contributed by atoms with Gasteiger partial charge in [-0.1, -0.05) is 32.1 Å². The van der Waals surface area contributed by atoms with Crippen molar-refractivity contribution in [2.75, 3.05) is 13.1 Å². The standard InChI is InChI=1S/C15H27NO2/c17-14(18)10-15(8-4-1-5-9-15)12-16-11-13-6-2-3-7-13/h13,16H,1-12H2,(H,17,18). The maximum atomic E-state index is 11.1. The first-order chi connectivity index (χ1) is 8.70. The van der Waals surface area contributed by atoms with Gasteiger partial charge in [-0.15, -0.1) is 0 Å². The van der Waals surface area contributed by atoms with Gasteiger partial charge in [-0.25, -0.2) is 0 Å². The van der Waals surface area contributed by atoms with E-state index >= 15 is 0 Å². The van der Waals surface area contributed by atoms with Crippen molar-refractivity contribution in [3.63, 3.8) is 0 Å². The summed E-state index contributed by atoms with van der Waals surface area (Å²) in [5.41, 5.74) is 0.0443. The van der Waals surface area contributed by atoms with Gasteiger partial charge >= 0.3 is 5.97 Å². The molecule has 0 radical (unpaired) electrons. The summed E-state index contributed by atoms with van der Waals surface area (Å²) in [6.45, 7) is 2.01. The van der Waals surface area contributed by atoms with E-state index in [4.69, 9.17) is 5.11 Å². The summed E-state index contributed by atoms with van der Waals surface area (Å²) >= 11 is 0. The molecule has 2 aliphatic carbocycles. The number of nitrogens with one attached hydrogen (secondary N) is 1. The zero-order valence-corrected chi connectivity index (χ0v) is 11.4. The molecule has 18 heavy (non-hydrogen) atoms. The third-order valence-electron chi connectivity index (χ3n) is 4.85. The fourth-order valence-corrected chi connectivity index (χ4v) is 3.79. The molecule has 0 aromatic rings. The first-order valence-corrected chi connectivity index (χ1v) is 7.63. The molecule has 3 nitrogen and oxygen atoms in total. The van der Waals surface area contributed by atoms with Gasteiger partial charge in [0.2, 0.25) is 0 Å². The van der Waals surface area contributed by atoms with Crippen molar-refractivity contribution in [1.29, 1.82) is 0 Å². The van der Waals surface area contributed by atoms with Crippen LogP contribution in [0.3, 0.4) is 0 Å². The van der Waals surface area contributed by atoms with Gasteiger partial charge in [0.1, 0.15) is 0 Å². The predicted octanol–water partition coefficient (Wildman–Crippen LogP) is 3.19. The second kappa shape index (κ2) is 6.55. The topological polar surface area (TPSA) is 49.3 Å². The summed E-state index contributed by atoms with van der Waals surface area (Å²) in [5.74, 6) is 0.218. The molecule has 2 saturated carbocycles. The molecule has 2 N–H and O–H groups in total. The Morgan fingerprint density at radius 1 is 1.11 bits per heavy atom. The number of carbonyl (C=O) groups is 1. The molecule has 104 valence electrons. The summed E-state index contributed by atoms with van der Waals surface area (Å²) in [7, 11) is 0. The number of aliphatic carboxylic acids is 1. The molecular formula is C15H27NO2. The number of carboxylic acid groups (broad SMARTS) is 1. The minimum Gasteiger partial charge on any atom is -0.481 e. The molecule has 0 saturated heterocycles. The van der Waals surface area contributed by atoms with Crippen LogP contribution in [-0.4, -0.2) is 24.2 Å². The molecule has 0 heterocycles. The molecule has 2 aliphatic rings. The lowest BCUT2D eigenvalue weighted by Gasteiger charge is -2.36. The number of hydrogen-bond acceptors (Lipinski definition) is 2. The molecular weight excluding hydrogens is 226 g/mol. The van der Waals surface area contributed by atoms with Gasteiger partial charge in [-0.05, 0) is 43.6 Å². The van der Waals surface area contributed by atoms with E-state index in [0.29, 0.717) is 6.42 Å². The van der Waals surface area contributed by atoms with E-state index in [1.807, 2.05) is 0 Å². The van der Waals surface area contributed by atoms with E-state index < -0.39 is 5.97 Å². The van der Waals surface area contributed by atoms with Gasteiger partial charge < -0.3 is 10.4 Å². The van der Waals surface area contributed by atoms with E-state index in [1.165, 1.54) is 44.9 Å². The SMILES string of the molecule is O=C(O)CC1(CNCC2CCCC2)CCCCC1. The van der Waals surface area contributed by atoms with Crippen LogP contribution in [0.1, 0.15) is 64.2 Å². The lowest BCUT2D eigenvalue weighted by molar-refractivity contribution is -0.140. The Kier molecular flexibility index (Phi) is 5.04. The zero-order chi connectivity index (χ0) is 12.8. The van der Waals surface area contributed by atoms with Gasteiger partial charge in [-0.2, -0.15) is 0 Å². The molecule has 0 aromatic carbocycles. The van der Waals surface area contributed by atoms with Crippen LogP contribution in [0.5, 0.6) is 0 Å². The number of carboxylic acids is 1. The largest absolute Gasteiger partial charge is 0.481 e. The Hall–Kier alpha value is -0.570. The fraction of sp³-hybridized carbons (Fsp3) is 0.933. The highest BCUT2D eigenvalue weighted by molar-refractivity contribution is 5.67. The van der Waals surface area contributed by atoms with Crippen molar-refractivity contribution >= 4 is 5.97 Å². The van der Waals surface area contributed by atoms with E-state index in [9.17, 15) is 4.79 Å². The quantitative estimate of drug-likeness (QED) is 0.764. The zero-order valence-electron chi connectivity index (χ0n) is 11.4. The maximum absolute atomic E-state index is 11.1. The smallest absolute Gasteiger partial charge is 0.303 e. The Morgan fingerprint density at radius 3 is 2.39 bits per heavy atom. The first kappa shape index (κ1) is 13.9. The van der Waals surface area contributed by atoms with Crippen LogP contribution in [0, 0.1) is 11.3 Å². The highest BCUT2D eigenvalue weighted by Gasteiger charge is 2.34. The van der Waals surface area contributed by atoms with Crippen molar-refractivity contribution in [3.05, 3.63) is 0 Å².